The summed E-state index contributed by atoms with van der Waals surface area (Å²) in [6, 6.07) is 9.74. The van der Waals surface area contributed by atoms with E-state index in [0.29, 0.717) is 24.3 Å². The van der Waals surface area contributed by atoms with Crippen molar-refractivity contribution >= 4 is 11.8 Å². The lowest BCUT2D eigenvalue weighted by Crippen LogP contribution is -2.44. The molecule has 2 heterocycles. The molecule has 0 radical (unpaired) electrons. The molecule has 0 saturated carbocycles. The predicted octanol–water partition coefficient (Wildman–Crippen LogP) is 1.83. The van der Waals surface area contributed by atoms with Crippen LogP contribution in [0.1, 0.15) is 34.6 Å². The second-order valence-corrected chi connectivity index (χ2v) is 6.29. The zero-order valence-electron chi connectivity index (χ0n) is 14.0. The summed E-state index contributed by atoms with van der Waals surface area (Å²) in [5.41, 5.74) is 8.46. The smallest absolute Gasteiger partial charge is 0.257 e. The Morgan fingerprint density at radius 3 is 2.58 bits per heavy atom. The molecule has 24 heavy (non-hydrogen) atoms. The molecule has 2 amide bonds. The van der Waals surface area contributed by atoms with Gasteiger partial charge in [0.1, 0.15) is 0 Å². The Hall–Kier alpha value is -2.63. The van der Waals surface area contributed by atoms with Crippen molar-refractivity contribution in [1.82, 2.24) is 14.7 Å². The van der Waals surface area contributed by atoms with E-state index < -0.39 is 0 Å². The van der Waals surface area contributed by atoms with Crippen LogP contribution in [0.3, 0.4) is 0 Å². The van der Waals surface area contributed by atoms with Crippen molar-refractivity contribution in [2.75, 3.05) is 13.1 Å². The zero-order valence-corrected chi connectivity index (χ0v) is 14.0. The van der Waals surface area contributed by atoms with Crippen LogP contribution >= 0.6 is 0 Å². The SMILES string of the molecule is Cc1nn(-c2ccccc2)c(C)c1C(=O)N1CCCC(C(N)=O)C1. The Bertz CT molecular complexity index is 767. The maximum Gasteiger partial charge on any atom is 0.257 e. The van der Waals surface area contributed by atoms with Crippen LogP contribution in [0.4, 0.5) is 0 Å². The minimum atomic E-state index is -0.332. The fourth-order valence-corrected chi connectivity index (χ4v) is 3.32. The van der Waals surface area contributed by atoms with Gasteiger partial charge in [0.15, 0.2) is 0 Å². The number of piperidine rings is 1. The first-order valence-electron chi connectivity index (χ1n) is 8.19. The van der Waals surface area contributed by atoms with Crippen LogP contribution in [0.15, 0.2) is 30.3 Å². The number of amides is 2. The highest BCUT2D eigenvalue weighted by atomic mass is 16.2. The average Bonchev–Trinajstić information content (AvgIpc) is 2.89. The number of likely N-dealkylation sites (tertiary alicyclic amines) is 1. The van der Waals surface area contributed by atoms with E-state index >= 15 is 0 Å². The molecule has 6 heteroatoms. The van der Waals surface area contributed by atoms with Crippen LogP contribution < -0.4 is 5.73 Å². The van der Waals surface area contributed by atoms with E-state index in [1.807, 2.05) is 44.2 Å². The van der Waals surface area contributed by atoms with Gasteiger partial charge in [-0.1, -0.05) is 18.2 Å². The molecule has 1 aromatic heterocycles. The van der Waals surface area contributed by atoms with Crippen molar-refractivity contribution in [3.8, 4) is 5.69 Å². The fraction of sp³-hybridized carbons (Fsp3) is 0.389. The minimum Gasteiger partial charge on any atom is -0.369 e. The number of hydrogen-bond donors (Lipinski definition) is 1. The lowest BCUT2D eigenvalue weighted by Gasteiger charge is -2.31. The maximum atomic E-state index is 13.0. The molecule has 1 fully saturated rings. The number of rotatable bonds is 3. The molecular weight excluding hydrogens is 304 g/mol. The molecule has 126 valence electrons. The highest BCUT2D eigenvalue weighted by Crippen LogP contribution is 2.23. The number of carbonyl (C=O) groups excluding carboxylic acids is 2. The summed E-state index contributed by atoms with van der Waals surface area (Å²) in [4.78, 5) is 26.2. The molecule has 1 atom stereocenters. The second-order valence-electron chi connectivity index (χ2n) is 6.29. The largest absolute Gasteiger partial charge is 0.369 e. The van der Waals surface area contributed by atoms with Crippen molar-refractivity contribution in [3.63, 3.8) is 0 Å². The summed E-state index contributed by atoms with van der Waals surface area (Å²) in [6.45, 7) is 4.78. The van der Waals surface area contributed by atoms with Crippen LogP contribution in [0.25, 0.3) is 5.69 Å². The molecule has 1 aliphatic heterocycles. The first-order valence-corrected chi connectivity index (χ1v) is 8.19. The summed E-state index contributed by atoms with van der Waals surface area (Å²) >= 11 is 0. The van der Waals surface area contributed by atoms with Gasteiger partial charge in [0.05, 0.1) is 28.6 Å². The lowest BCUT2D eigenvalue weighted by molar-refractivity contribution is -0.123. The lowest BCUT2D eigenvalue weighted by atomic mass is 9.96. The summed E-state index contributed by atoms with van der Waals surface area (Å²) in [7, 11) is 0. The van der Waals surface area contributed by atoms with Gasteiger partial charge < -0.3 is 10.6 Å². The van der Waals surface area contributed by atoms with Gasteiger partial charge >= 0.3 is 0 Å². The van der Waals surface area contributed by atoms with E-state index in [9.17, 15) is 9.59 Å². The molecule has 0 spiro atoms. The third-order valence-corrected chi connectivity index (χ3v) is 4.62. The van der Waals surface area contributed by atoms with Gasteiger partial charge in [-0.15, -0.1) is 0 Å². The summed E-state index contributed by atoms with van der Waals surface area (Å²) in [5, 5.41) is 4.53. The number of nitrogens with zero attached hydrogens (tertiary/aromatic N) is 3. The van der Waals surface area contributed by atoms with Crippen LogP contribution in [0, 0.1) is 19.8 Å². The van der Waals surface area contributed by atoms with Crippen molar-refractivity contribution in [2.45, 2.75) is 26.7 Å². The number of carbonyl (C=O) groups is 2. The highest BCUT2D eigenvalue weighted by Gasteiger charge is 2.30. The fourth-order valence-electron chi connectivity index (χ4n) is 3.32. The number of hydrogen-bond acceptors (Lipinski definition) is 3. The van der Waals surface area contributed by atoms with Crippen molar-refractivity contribution < 1.29 is 9.59 Å². The third kappa shape index (κ3) is 2.91. The van der Waals surface area contributed by atoms with Crippen molar-refractivity contribution in [2.24, 2.45) is 11.7 Å². The molecule has 3 rings (SSSR count). The number of aryl methyl sites for hydroxylation is 1. The van der Waals surface area contributed by atoms with Crippen LogP contribution in [0.5, 0.6) is 0 Å². The molecule has 0 aliphatic carbocycles. The third-order valence-electron chi connectivity index (χ3n) is 4.62. The highest BCUT2D eigenvalue weighted by molar-refractivity contribution is 5.97. The number of para-hydroxylation sites is 1. The topological polar surface area (TPSA) is 81.2 Å². The quantitative estimate of drug-likeness (QED) is 0.934. The Labute approximate surface area is 141 Å². The summed E-state index contributed by atoms with van der Waals surface area (Å²) < 4.78 is 1.79. The van der Waals surface area contributed by atoms with Gasteiger partial charge in [-0.05, 0) is 38.8 Å². The first kappa shape index (κ1) is 16.2. The Morgan fingerprint density at radius 1 is 1.21 bits per heavy atom. The summed E-state index contributed by atoms with van der Waals surface area (Å²) in [6.07, 6.45) is 1.55. The molecule has 1 aliphatic rings. The molecule has 6 nitrogen and oxygen atoms in total. The van der Waals surface area contributed by atoms with E-state index in [0.717, 1.165) is 24.2 Å². The number of nitrogens with two attached hydrogens (primary N) is 1. The van der Waals surface area contributed by atoms with Gasteiger partial charge in [-0.2, -0.15) is 5.10 Å². The number of benzene rings is 1. The van der Waals surface area contributed by atoms with Gasteiger partial charge in [-0.3, -0.25) is 9.59 Å². The molecule has 1 unspecified atom stereocenters. The van der Waals surface area contributed by atoms with E-state index in [1.54, 1.807) is 9.58 Å². The molecule has 2 N–H and O–H groups in total. The van der Waals surface area contributed by atoms with E-state index in [4.69, 9.17) is 5.73 Å². The van der Waals surface area contributed by atoms with Gasteiger partial charge in [0.25, 0.3) is 5.91 Å². The normalized spacial score (nSPS) is 17.8. The Kier molecular flexibility index (Phi) is 4.38. The standard InChI is InChI=1S/C18H22N4O2/c1-12-16(13(2)22(20-12)15-8-4-3-5-9-15)18(24)21-10-6-7-14(11-21)17(19)23/h3-5,8-9,14H,6-7,10-11H2,1-2H3,(H2,19,23). The predicted molar refractivity (Wildman–Crippen MR) is 90.9 cm³/mol. The summed E-state index contributed by atoms with van der Waals surface area (Å²) in [5.74, 6) is -0.661. The van der Waals surface area contributed by atoms with E-state index in [-0.39, 0.29) is 17.7 Å². The number of aromatic nitrogens is 2. The van der Waals surface area contributed by atoms with Gasteiger partial charge in [0, 0.05) is 13.1 Å². The average molecular weight is 326 g/mol. The zero-order chi connectivity index (χ0) is 17.3. The Morgan fingerprint density at radius 2 is 1.92 bits per heavy atom. The molecule has 1 aromatic carbocycles. The van der Waals surface area contributed by atoms with E-state index in [1.165, 1.54) is 0 Å². The van der Waals surface area contributed by atoms with Gasteiger partial charge in [-0.25, -0.2) is 4.68 Å². The van der Waals surface area contributed by atoms with Crippen LogP contribution in [-0.2, 0) is 4.79 Å². The number of primary amides is 1. The van der Waals surface area contributed by atoms with Gasteiger partial charge in [0.2, 0.25) is 5.91 Å². The molecule has 2 aromatic rings. The van der Waals surface area contributed by atoms with Crippen molar-refractivity contribution in [3.05, 3.63) is 47.3 Å². The first-order chi connectivity index (χ1) is 11.5. The van der Waals surface area contributed by atoms with Crippen LogP contribution in [0.2, 0.25) is 0 Å². The van der Waals surface area contributed by atoms with E-state index in [2.05, 4.69) is 5.10 Å². The molecule has 1 saturated heterocycles. The van der Waals surface area contributed by atoms with Crippen molar-refractivity contribution in [1.29, 1.82) is 0 Å². The second kappa shape index (κ2) is 6.47. The van der Waals surface area contributed by atoms with Crippen LogP contribution in [-0.4, -0.2) is 39.6 Å². The molecular formula is C18H22N4O2. The maximum absolute atomic E-state index is 13.0. The monoisotopic (exact) mass is 326 g/mol. The Balaban J connectivity index is 1.91. The minimum absolute atomic E-state index is 0.0712. The molecule has 0 bridgehead atoms.